The number of nitrogens with zero attached hydrogens (tertiary/aromatic N) is 2. The minimum atomic E-state index is 0.441. The van der Waals surface area contributed by atoms with Gasteiger partial charge in [-0.25, -0.2) is 0 Å². The lowest BCUT2D eigenvalue weighted by atomic mass is 9.86. The number of rotatable bonds is 2. The summed E-state index contributed by atoms with van der Waals surface area (Å²) in [5.74, 6) is 1.37. The molecule has 0 saturated carbocycles. The van der Waals surface area contributed by atoms with Crippen LogP contribution < -0.4 is 10.6 Å². The van der Waals surface area contributed by atoms with Crippen LogP contribution in [0.2, 0.25) is 0 Å². The highest BCUT2D eigenvalue weighted by Crippen LogP contribution is 2.30. The van der Waals surface area contributed by atoms with Crippen LogP contribution in [0.3, 0.4) is 0 Å². The Morgan fingerprint density at radius 3 is 2.88 bits per heavy atom. The number of hydrogen-bond donors (Lipinski definition) is 1. The van der Waals surface area contributed by atoms with Crippen molar-refractivity contribution in [3.05, 3.63) is 12.0 Å². The Labute approximate surface area is 96.8 Å². The maximum Gasteiger partial charge on any atom is 0.297 e. The van der Waals surface area contributed by atoms with E-state index in [2.05, 4.69) is 30.7 Å². The number of anilines is 1. The summed E-state index contributed by atoms with van der Waals surface area (Å²) in [6, 6.07) is 1.21. The minimum absolute atomic E-state index is 0.441. The third-order valence-corrected chi connectivity index (χ3v) is 3.59. The molecule has 1 fully saturated rings. The summed E-state index contributed by atoms with van der Waals surface area (Å²) < 4.78 is 5.50. The molecule has 3 atom stereocenters. The van der Waals surface area contributed by atoms with Crippen LogP contribution in [-0.4, -0.2) is 17.6 Å². The summed E-state index contributed by atoms with van der Waals surface area (Å²) >= 11 is 0. The predicted molar refractivity (Wildman–Crippen MR) is 64.1 cm³/mol. The molecule has 1 aliphatic rings. The molecule has 90 valence electrons. The van der Waals surface area contributed by atoms with Crippen LogP contribution in [0.5, 0.6) is 0 Å². The first-order valence-corrected chi connectivity index (χ1v) is 6.03. The van der Waals surface area contributed by atoms with Gasteiger partial charge in [0.15, 0.2) is 0 Å². The molecule has 0 bridgehead atoms. The van der Waals surface area contributed by atoms with Gasteiger partial charge in [0.2, 0.25) is 0 Å². The Kier molecular flexibility index (Phi) is 3.19. The Hall–Kier alpha value is -1.03. The first-order chi connectivity index (χ1) is 7.61. The molecule has 1 aromatic rings. The maximum absolute atomic E-state index is 5.54. The van der Waals surface area contributed by atoms with E-state index in [9.17, 15) is 0 Å². The largest absolute Gasteiger partial charge is 0.432 e. The van der Waals surface area contributed by atoms with E-state index in [1.54, 1.807) is 6.26 Å². The van der Waals surface area contributed by atoms with Crippen molar-refractivity contribution in [2.45, 2.75) is 39.8 Å². The van der Waals surface area contributed by atoms with Crippen LogP contribution in [0.4, 0.5) is 6.01 Å². The molecule has 0 amide bonds. The van der Waals surface area contributed by atoms with Crippen molar-refractivity contribution in [3.63, 3.8) is 0 Å². The summed E-state index contributed by atoms with van der Waals surface area (Å²) in [5, 5.41) is 0. The highest BCUT2D eigenvalue weighted by molar-refractivity contribution is 5.30. The van der Waals surface area contributed by atoms with Gasteiger partial charge in [0.05, 0.1) is 5.69 Å². The Bertz CT molecular complexity index is 350. The minimum Gasteiger partial charge on any atom is -0.432 e. The van der Waals surface area contributed by atoms with Crippen LogP contribution in [0, 0.1) is 11.8 Å². The quantitative estimate of drug-likeness (QED) is 0.833. The molecule has 2 heterocycles. The summed E-state index contributed by atoms with van der Waals surface area (Å²) in [7, 11) is 0. The summed E-state index contributed by atoms with van der Waals surface area (Å²) in [6.45, 7) is 8.28. The lowest BCUT2D eigenvalue weighted by molar-refractivity contribution is 0.283. The Morgan fingerprint density at radius 1 is 1.50 bits per heavy atom. The van der Waals surface area contributed by atoms with Crippen molar-refractivity contribution < 1.29 is 4.42 Å². The molecule has 0 radical (unpaired) electrons. The van der Waals surface area contributed by atoms with Crippen molar-refractivity contribution in [3.8, 4) is 0 Å². The van der Waals surface area contributed by atoms with Crippen molar-refractivity contribution in [1.29, 1.82) is 0 Å². The van der Waals surface area contributed by atoms with Crippen molar-refractivity contribution >= 4 is 6.01 Å². The average molecular weight is 223 g/mol. The standard InChI is InChI=1S/C12H21N3O/c1-8-4-9(2)10(3)15(6-8)12-14-11(5-13)7-16-12/h7-10H,4-6,13H2,1-3H3. The van der Waals surface area contributed by atoms with E-state index in [1.807, 2.05) is 0 Å². The van der Waals surface area contributed by atoms with Crippen LogP contribution in [0.1, 0.15) is 32.9 Å². The van der Waals surface area contributed by atoms with Gasteiger partial charge < -0.3 is 15.1 Å². The molecule has 0 aliphatic carbocycles. The second-order valence-electron chi connectivity index (χ2n) is 5.04. The number of aromatic nitrogens is 1. The molecule has 0 aromatic carbocycles. The third kappa shape index (κ3) is 2.07. The van der Waals surface area contributed by atoms with Crippen LogP contribution in [0.15, 0.2) is 10.7 Å². The van der Waals surface area contributed by atoms with Gasteiger partial charge in [0, 0.05) is 19.1 Å². The Morgan fingerprint density at radius 2 is 2.25 bits per heavy atom. The molecular formula is C12H21N3O. The van der Waals surface area contributed by atoms with E-state index in [0.717, 1.165) is 18.3 Å². The van der Waals surface area contributed by atoms with E-state index >= 15 is 0 Å². The lowest BCUT2D eigenvalue weighted by Crippen LogP contribution is -2.46. The van der Waals surface area contributed by atoms with Gasteiger partial charge in [-0.3, -0.25) is 0 Å². The molecule has 4 heteroatoms. The molecule has 2 rings (SSSR count). The fourth-order valence-electron chi connectivity index (χ4n) is 2.49. The van der Waals surface area contributed by atoms with E-state index in [-0.39, 0.29) is 0 Å². The zero-order chi connectivity index (χ0) is 11.7. The molecule has 0 spiro atoms. The maximum atomic E-state index is 5.54. The molecule has 16 heavy (non-hydrogen) atoms. The number of nitrogens with two attached hydrogens (primary N) is 1. The fourth-order valence-corrected chi connectivity index (χ4v) is 2.49. The van der Waals surface area contributed by atoms with Gasteiger partial charge in [-0.2, -0.15) is 4.98 Å². The van der Waals surface area contributed by atoms with E-state index < -0.39 is 0 Å². The average Bonchev–Trinajstić information content (AvgIpc) is 2.71. The molecule has 4 nitrogen and oxygen atoms in total. The van der Waals surface area contributed by atoms with Gasteiger partial charge in [-0.1, -0.05) is 13.8 Å². The lowest BCUT2D eigenvalue weighted by Gasteiger charge is -2.40. The summed E-state index contributed by atoms with van der Waals surface area (Å²) in [4.78, 5) is 6.67. The highest BCUT2D eigenvalue weighted by Gasteiger charge is 2.31. The van der Waals surface area contributed by atoms with Gasteiger partial charge in [-0.05, 0) is 25.2 Å². The number of piperidine rings is 1. The van der Waals surface area contributed by atoms with Crippen LogP contribution in [-0.2, 0) is 6.54 Å². The molecule has 1 saturated heterocycles. The van der Waals surface area contributed by atoms with E-state index in [1.165, 1.54) is 6.42 Å². The van der Waals surface area contributed by atoms with E-state index in [4.69, 9.17) is 10.2 Å². The van der Waals surface area contributed by atoms with Crippen molar-refractivity contribution in [2.24, 2.45) is 17.6 Å². The smallest absolute Gasteiger partial charge is 0.297 e. The van der Waals surface area contributed by atoms with Gasteiger partial charge in [-0.15, -0.1) is 0 Å². The second-order valence-corrected chi connectivity index (χ2v) is 5.04. The van der Waals surface area contributed by atoms with Crippen LogP contribution >= 0.6 is 0 Å². The fraction of sp³-hybridized carbons (Fsp3) is 0.750. The molecule has 2 N–H and O–H groups in total. The van der Waals surface area contributed by atoms with Crippen molar-refractivity contribution in [2.75, 3.05) is 11.4 Å². The topological polar surface area (TPSA) is 55.3 Å². The zero-order valence-electron chi connectivity index (χ0n) is 10.3. The number of hydrogen-bond acceptors (Lipinski definition) is 4. The summed E-state index contributed by atoms with van der Waals surface area (Å²) in [5.41, 5.74) is 6.37. The third-order valence-electron chi connectivity index (χ3n) is 3.59. The first-order valence-electron chi connectivity index (χ1n) is 6.03. The van der Waals surface area contributed by atoms with Gasteiger partial charge >= 0.3 is 0 Å². The monoisotopic (exact) mass is 223 g/mol. The number of oxazole rings is 1. The normalized spacial score (nSPS) is 30.8. The molecule has 1 aromatic heterocycles. The molecule has 1 aliphatic heterocycles. The van der Waals surface area contributed by atoms with Crippen molar-refractivity contribution in [1.82, 2.24) is 4.98 Å². The van der Waals surface area contributed by atoms with E-state index in [0.29, 0.717) is 24.4 Å². The van der Waals surface area contributed by atoms with Gasteiger partial charge in [0.1, 0.15) is 6.26 Å². The predicted octanol–water partition coefficient (Wildman–Crippen LogP) is 2.00. The van der Waals surface area contributed by atoms with Gasteiger partial charge in [0.25, 0.3) is 6.01 Å². The zero-order valence-corrected chi connectivity index (χ0v) is 10.3. The SMILES string of the molecule is CC1CC(C)C(C)N(c2nc(CN)co2)C1. The first kappa shape index (κ1) is 11.5. The second kappa shape index (κ2) is 4.45. The summed E-state index contributed by atoms with van der Waals surface area (Å²) in [6.07, 6.45) is 2.94. The van der Waals surface area contributed by atoms with Crippen LogP contribution in [0.25, 0.3) is 0 Å². The highest BCUT2D eigenvalue weighted by atomic mass is 16.4. The Balaban J connectivity index is 2.18. The molecular weight excluding hydrogens is 202 g/mol. The molecule has 3 unspecified atom stereocenters.